The molecule has 76 valence electrons. The Morgan fingerprint density at radius 1 is 1.43 bits per heavy atom. The minimum atomic E-state index is -0.428. The highest BCUT2D eigenvalue weighted by molar-refractivity contribution is 9.09. The van der Waals surface area contributed by atoms with Crippen molar-refractivity contribution in [3.05, 3.63) is 35.4 Å². The molecule has 0 aliphatic carbocycles. The van der Waals surface area contributed by atoms with Gasteiger partial charge in [-0.1, -0.05) is 47.1 Å². The van der Waals surface area contributed by atoms with Crippen LogP contribution < -0.4 is 0 Å². The van der Waals surface area contributed by atoms with E-state index in [-0.39, 0.29) is 5.78 Å². The Hall–Kier alpha value is -0.670. The fraction of sp³-hybridized carbons (Fsp3) is 0.364. The van der Waals surface area contributed by atoms with Crippen LogP contribution in [0, 0.1) is 0 Å². The lowest BCUT2D eigenvalue weighted by Crippen LogP contribution is -2.01. The van der Waals surface area contributed by atoms with E-state index in [2.05, 4.69) is 15.9 Å². The largest absolute Gasteiger partial charge is 0.388 e. The third kappa shape index (κ3) is 2.66. The summed E-state index contributed by atoms with van der Waals surface area (Å²) in [7, 11) is 0. The lowest BCUT2D eigenvalue weighted by Gasteiger charge is -2.07. The molecule has 0 aliphatic heterocycles. The standard InChI is InChI=1S/C11H13BrO2/c1-2-10(13)8-3-5-9(6-4-8)11(14)7-12/h3-6,10,13H,2,7H2,1H3. The van der Waals surface area contributed by atoms with Gasteiger partial charge in [0, 0.05) is 5.56 Å². The van der Waals surface area contributed by atoms with Gasteiger partial charge in [0.2, 0.25) is 0 Å². The first-order chi connectivity index (χ1) is 6.69. The van der Waals surface area contributed by atoms with Crippen molar-refractivity contribution in [3.63, 3.8) is 0 Å². The molecule has 2 nitrogen and oxygen atoms in total. The quantitative estimate of drug-likeness (QED) is 0.665. The van der Waals surface area contributed by atoms with Crippen molar-refractivity contribution in [2.45, 2.75) is 19.4 Å². The van der Waals surface area contributed by atoms with Gasteiger partial charge in [-0.2, -0.15) is 0 Å². The predicted molar refractivity (Wildman–Crippen MR) is 59.8 cm³/mol. The number of carbonyl (C=O) groups excluding carboxylic acids is 1. The molecule has 0 spiro atoms. The molecule has 1 aromatic carbocycles. The zero-order valence-electron chi connectivity index (χ0n) is 8.03. The van der Waals surface area contributed by atoms with Crippen LogP contribution >= 0.6 is 15.9 Å². The number of rotatable bonds is 4. The Morgan fingerprint density at radius 3 is 2.43 bits per heavy atom. The molecule has 0 saturated heterocycles. The van der Waals surface area contributed by atoms with Crippen LogP contribution in [0.4, 0.5) is 0 Å². The third-order valence-corrected chi connectivity index (χ3v) is 2.63. The van der Waals surface area contributed by atoms with Crippen molar-refractivity contribution >= 4 is 21.7 Å². The topological polar surface area (TPSA) is 37.3 Å². The highest BCUT2D eigenvalue weighted by atomic mass is 79.9. The van der Waals surface area contributed by atoms with Crippen LogP contribution in [0.1, 0.15) is 35.4 Å². The number of hydrogen-bond acceptors (Lipinski definition) is 2. The smallest absolute Gasteiger partial charge is 0.173 e. The number of Topliss-reactive ketones (excluding diaryl/α,β-unsaturated/α-hetero) is 1. The number of halogens is 1. The Kier molecular flexibility index (Phi) is 4.29. The Labute approximate surface area is 92.1 Å². The van der Waals surface area contributed by atoms with Gasteiger partial charge >= 0.3 is 0 Å². The molecule has 0 radical (unpaired) electrons. The molecule has 0 amide bonds. The maximum absolute atomic E-state index is 11.3. The average molecular weight is 257 g/mol. The van der Waals surface area contributed by atoms with E-state index in [1.165, 1.54) is 0 Å². The van der Waals surface area contributed by atoms with Gasteiger partial charge in [0.15, 0.2) is 5.78 Å². The summed E-state index contributed by atoms with van der Waals surface area (Å²) < 4.78 is 0. The molecule has 1 atom stereocenters. The number of carbonyl (C=O) groups is 1. The monoisotopic (exact) mass is 256 g/mol. The Bertz CT molecular complexity index is 306. The average Bonchev–Trinajstić information content (AvgIpc) is 2.27. The minimum Gasteiger partial charge on any atom is -0.388 e. The van der Waals surface area contributed by atoms with Gasteiger partial charge in [0.05, 0.1) is 11.4 Å². The van der Waals surface area contributed by atoms with E-state index in [0.717, 1.165) is 5.56 Å². The third-order valence-electron chi connectivity index (χ3n) is 2.13. The summed E-state index contributed by atoms with van der Waals surface area (Å²) in [5.74, 6) is 0.0579. The molecular weight excluding hydrogens is 244 g/mol. The van der Waals surface area contributed by atoms with Gasteiger partial charge in [-0.05, 0) is 12.0 Å². The summed E-state index contributed by atoms with van der Waals surface area (Å²) >= 11 is 3.11. The van der Waals surface area contributed by atoms with E-state index in [1.807, 2.05) is 6.92 Å². The van der Waals surface area contributed by atoms with Gasteiger partial charge in [0.1, 0.15) is 0 Å². The second kappa shape index (κ2) is 5.27. The summed E-state index contributed by atoms with van der Waals surface area (Å²) in [5, 5.41) is 9.86. The molecule has 1 rings (SSSR count). The van der Waals surface area contributed by atoms with Crippen LogP contribution in [-0.2, 0) is 0 Å². The Balaban J connectivity index is 2.83. The van der Waals surface area contributed by atoms with Crippen LogP contribution in [0.25, 0.3) is 0 Å². The number of benzene rings is 1. The van der Waals surface area contributed by atoms with Crippen LogP contribution in [0.5, 0.6) is 0 Å². The van der Waals surface area contributed by atoms with Crippen LogP contribution in [-0.4, -0.2) is 16.2 Å². The predicted octanol–water partition coefficient (Wildman–Crippen LogP) is 2.71. The molecule has 14 heavy (non-hydrogen) atoms. The zero-order valence-corrected chi connectivity index (χ0v) is 9.62. The SMILES string of the molecule is CCC(O)c1ccc(C(=O)CBr)cc1. The first kappa shape index (κ1) is 11.4. The molecule has 0 aliphatic rings. The van der Waals surface area contributed by atoms with Gasteiger partial charge in [-0.25, -0.2) is 0 Å². The molecular formula is C11H13BrO2. The van der Waals surface area contributed by atoms with E-state index < -0.39 is 6.10 Å². The zero-order chi connectivity index (χ0) is 10.6. The van der Waals surface area contributed by atoms with Crippen molar-refractivity contribution < 1.29 is 9.90 Å². The fourth-order valence-corrected chi connectivity index (χ4v) is 1.53. The second-order valence-corrected chi connectivity index (χ2v) is 3.66. The van der Waals surface area contributed by atoms with Gasteiger partial charge in [-0.15, -0.1) is 0 Å². The van der Waals surface area contributed by atoms with E-state index in [1.54, 1.807) is 24.3 Å². The molecule has 0 saturated carbocycles. The number of alkyl halides is 1. The molecule has 1 N–H and O–H groups in total. The maximum atomic E-state index is 11.3. The molecule has 1 aromatic rings. The van der Waals surface area contributed by atoms with Crippen LogP contribution in [0.15, 0.2) is 24.3 Å². The van der Waals surface area contributed by atoms with E-state index in [4.69, 9.17) is 0 Å². The Morgan fingerprint density at radius 2 is 2.00 bits per heavy atom. The number of hydrogen-bond donors (Lipinski definition) is 1. The number of aliphatic hydroxyl groups excluding tert-OH is 1. The summed E-state index contributed by atoms with van der Waals surface area (Å²) in [5.41, 5.74) is 1.53. The highest BCUT2D eigenvalue weighted by Crippen LogP contribution is 2.16. The van der Waals surface area contributed by atoms with Crippen molar-refractivity contribution in [2.24, 2.45) is 0 Å². The summed E-state index contributed by atoms with van der Waals surface area (Å²) in [4.78, 5) is 11.3. The first-order valence-electron chi connectivity index (χ1n) is 4.56. The van der Waals surface area contributed by atoms with Crippen molar-refractivity contribution in [2.75, 3.05) is 5.33 Å². The fourth-order valence-electron chi connectivity index (χ4n) is 1.20. The molecule has 1 unspecified atom stereocenters. The van der Waals surface area contributed by atoms with E-state index >= 15 is 0 Å². The van der Waals surface area contributed by atoms with Crippen LogP contribution in [0.3, 0.4) is 0 Å². The van der Waals surface area contributed by atoms with E-state index in [9.17, 15) is 9.90 Å². The second-order valence-electron chi connectivity index (χ2n) is 3.10. The lowest BCUT2D eigenvalue weighted by molar-refractivity contribution is 0.102. The molecule has 0 bridgehead atoms. The van der Waals surface area contributed by atoms with Gasteiger partial charge in [-0.3, -0.25) is 4.79 Å². The summed E-state index contributed by atoms with van der Waals surface area (Å²) in [6.07, 6.45) is 0.259. The van der Waals surface area contributed by atoms with Gasteiger partial charge < -0.3 is 5.11 Å². The number of aliphatic hydroxyl groups is 1. The molecule has 3 heteroatoms. The molecule has 0 fully saturated rings. The van der Waals surface area contributed by atoms with Crippen molar-refractivity contribution in [1.82, 2.24) is 0 Å². The van der Waals surface area contributed by atoms with Crippen LogP contribution in [0.2, 0.25) is 0 Å². The van der Waals surface area contributed by atoms with Crippen molar-refractivity contribution in [1.29, 1.82) is 0 Å². The minimum absolute atomic E-state index is 0.0579. The summed E-state index contributed by atoms with van der Waals surface area (Å²) in [6.45, 7) is 1.92. The van der Waals surface area contributed by atoms with E-state index in [0.29, 0.717) is 17.3 Å². The van der Waals surface area contributed by atoms with Gasteiger partial charge in [0.25, 0.3) is 0 Å². The van der Waals surface area contributed by atoms with Crippen molar-refractivity contribution in [3.8, 4) is 0 Å². The maximum Gasteiger partial charge on any atom is 0.173 e. The normalized spacial score (nSPS) is 12.5. The highest BCUT2D eigenvalue weighted by Gasteiger charge is 2.06. The lowest BCUT2D eigenvalue weighted by atomic mass is 10.0. The molecule has 0 heterocycles. The first-order valence-corrected chi connectivity index (χ1v) is 5.68. The number of ketones is 1. The molecule has 0 aromatic heterocycles. The summed E-state index contributed by atoms with van der Waals surface area (Å²) in [6, 6.07) is 7.09.